The number of hydrazine groups is 1. The summed E-state index contributed by atoms with van der Waals surface area (Å²) in [6, 6.07) is 0.704. The van der Waals surface area contributed by atoms with Gasteiger partial charge in [-0.2, -0.15) is 0 Å². The van der Waals surface area contributed by atoms with Gasteiger partial charge in [0.25, 0.3) is 0 Å². The molecule has 0 aromatic rings. The fraction of sp³-hybridized carbons (Fsp3) is 1.00. The number of hydrogen-bond acceptors (Lipinski definition) is 2. The minimum Gasteiger partial charge on any atom is -0.225 e. The third kappa shape index (κ3) is 1.01. The molecular weight excluding hydrogens is 100 g/mol. The van der Waals surface area contributed by atoms with E-state index < -0.39 is 0 Å². The molecule has 8 heavy (non-hydrogen) atoms. The SMILES string of the molecule is CCN1CN1C(C)C. The molecule has 0 spiro atoms. The first-order chi connectivity index (χ1) is 3.75. The van der Waals surface area contributed by atoms with E-state index in [2.05, 4.69) is 30.8 Å². The minimum atomic E-state index is 0.704. The van der Waals surface area contributed by atoms with Crippen molar-refractivity contribution < 1.29 is 0 Å². The van der Waals surface area contributed by atoms with Crippen molar-refractivity contribution in [3.63, 3.8) is 0 Å². The van der Waals surface area contributed by atoms with E-state index in [1.807, 2.05) is 0 Å². The predicted molar refractivity (Wildman–Crippen MR) is 34.2 cm³/mol. The molecule has 0 aromatic carbocycles. The number of rotatable bonds is 2. The smallest absolute Gasteiger partial charge is 0.0790 e. The Kier molecular flexibility index (Phi) is 1.54. The molecule has 1 heterocycles. The first-order valence-corrected chi connectivity index (χ1v) is 3.27. The average molecular weight is 114 g/mol. The summed E-state index contributed by atoms with van der Waals surface area (Å²) in [6.07, 6.45) is 0. The zero-order valence-electron chi connectivity index (χ0n) is 5.89. The Hall–Kier alpha value is -0.0800. The molecule has 0 aliphatic carbocycles. The van der Waals surface area contributed by atoms with E-state index >= 15 is 0 Å². The molecule has 1 rings (SSSR count). The van der Waals surface area contributed by atoms with Gasteiger partial charge in [-0.15, -0.1) is 0 Å². The van der Waals surface area contributed by atoms with E-state index in [0.29, 0.717) is 6.04 Å². The van der Waals surface area contributed by atoms with Gasteiger partial charge >= 0.3 is 0 Å². The maximum absolute atomic E-state index is 2.35. The van der Waals surface area contributed by atoms with Crippen molar-refractivity contribution in [2.24, 2.45) is 0 Å². The summed E-state index contributed by atoms with van der Waals surface area (Å²) in [4.78, 5) is 0. The Bertz CT molecular complexity index is 80.6. The van der Waals surface area contributed by atoms with Gasteiger partial charge in [-0.1, -0.05) is 6.92 Å². The molecule has 0 aromatic heterocycles. The predicted octanol–water partition coefficient (Wildman–Crippen LogP) is 0.905. The minimum absolute atomic E-state index is 0.704. The maximum Gasteiger partial charge on any atom is 0.0790 e. The molecule has 1 aliphatic rings. The van der Waals surface area contributed by atoms with E-state index in [1.54, 1.807) is 0 Å². The van der Waals surface area contributed by atoms with Crippen LogP contribution in [-0.4, -0.2) is 29.3 Å². The molecule has 2 atom stereocenters. The summed E-state index contributed by atoms with van der Waals surface area (Å²) in [6.45, 7) is 8.96. The van der Waals surface area contributed by atoms with Crippen LogP contribution in [0, 0.1) is 0 Å². The van der Waals surface area contributed by atoms with E-state index in [0.717, 1.165) is 6.54 Å². The normalized spacial score (nSPS) is 36.0. The molecule has 0 bridgehead atoms. The Morgan fingerprint density at radius 2 is 2.12 bits per heavy atom. The third-order valence-electron chi connectivity index (χ3n) is 1.55. The largest absolute Gasteiger partial charge is 0.225 e. The lowest BCUT2D eigenvalue weighted by Gasteiger charge is -2.04. The second-order valence-electron chi connectivity index (χ2n) is 2.50. The molecule has 48 valence electrons. The average Bonchev–Trinajstić information content (AvgIpc) is 2.42. The van der Waals surface area contributed by atoms with Crippen LogP contribution in [0.1, 0.15) is 20.8 Å². The first kappa shape index (κ1) is 6.05. The molecular formula is C6H14N2. The van der Waals surface area contributed by atoms with Crippen LogP contribution in [-0.2, 0) is 0 Å². The molecule has 1 saturated heterocycles. The molecule has 0 amide bonds. The standard InChI is InChI=1S/C6H14N2/c1-4-7-5-8(7)6(2)3/h6H,4-5H2,1-3H3. The molecule has 0 N–H and O–H groups in total. The second-order valence-corrected chi connectivity index (χ2v) is 2.50. The zero-order chi connectivity index (χ0) is 6.15. The Balaban J connectivity index is 2.16. The van der Waals surface area contributed by atoms with Gasteiger partial charge in [0.2, 0.25) is 0 Å². The Morgan fingerprint density at radius 3 is 2.25 bits per heavy atom. The highest BCUT2D eigenvalue weighted by Gasteiger charge is 2.30. The highest BCUT2D eigenvalue weighted by Crippen LogP contribution is 2.16. The van der Waals surface area contributed by atoms with Crippen LogP contribution in [0.2, 0.25) is 0 Å². The topological polar surface area (TPSA) is 6.02 Å². The van der Waals surface area contributed by atoms with Crippen LogP contribution in [0.4, 0.5) is 0 Å². The van der Waals surface area contributed by atoms with Crippen LogP contribution >= 0.6 is 0 Å². The van der Waals surface area contributed by atoms with Gasteiger partial charge in [0.05, 0.1) is 6.67 Å². The van der Waals surface area contributed by atoms with Gasteiger partial charge in [0.1, 0.15) is 0 Å². The van der Waals surface area contributed by atoms with Crippen molar-refractivity contribution in [3.05, 3.63) is 0 Å². The highest BCUT2D eigenvalue weighted by atomic mass is 15.8. The first-order valence-electron chi connectivity index (χ1n) is 3.27. The zero-order valence-corrected chi connectivity index (χ0v) is 5.89. The molecule has 2 nitrogen and oxygen atoms in total. The van der Waals surface area contributed by atoms with Gasteiger partial charge in [-0.3, -0.25) is 0 Å². The monoisotopic (exact) mass is 114 g/mol. The summed E-state index contributed by atoms with van der Waals surface area (Å²) < 4.78 is 0. The summed E-state index contributed by atoms with van der Waals surface area (Å²) >= 11 is 0. The molecule has 1 fully saturated rings. The van der Waals surface area contributed by atoms with Gasteiger partial charge < -0.3 is 0 Å². The van der Waals surface area contributed by atoms with Gasteiger partial charge in [0.15, 0.2) is 0 Å². The van der Waals surface area contributed by atoms with Gasteiger partial charge in [-0.25, -0.2) is 10.0 Å². The van der Waals surface area contributed by atoms with Crippen molar-refractivity contribution in [3.8, 4) is 0 Å². The van der Waals surface area contributed by atoms with Crippen LogP contribution in [0.25, 0.3) is 0 Å². The summed E-state index contributed by atoms with van der Waals surface area (Å²) in [5.74, 6) is 0. The van der Waals surface area contributed by atoms with Crippen molar-refractivity contribution in [2.45, 2.75) is 26.8 Å². The van der Waals surface area contributed by atoms with Crippen LogP contribution in [0.3, 0.4) is 0 Å². The lowest BCUT2D eigenvalue weighted by Crippen LogP contribution is -2.14. The highest BCUT2D eigenvalue weighted by molar-refractivity contribution is 4.70. The lowest BCUT2D eigenvalue weighted by atomic mass is 10.4. The third-order valence-corrected chi connectivity index (χ3v) is 1.55. The van der Waals surface area contributed by atoms with Gasteiger partial charge in [0, 0.05) is 12.6 Å². The molecule has 2 unspecified atom stereocenters. The van der Waals surface area contributed by atoms with E-state index in [1.165, 1.54) is 6.67 Å². The number of nitrogens with zero attached hydrogens (tertiary/aromatic N) is 2. The fourth-order valence-corrected chi connectivity index (χ4v) is 0.911. The number of hydrogen-bond donors (Lipinski definition) is 0. The summed E-state index contributed by atoms with van der Waals surface area (Å²) in [5, 5.41) is 4.67. The van der Waals surface area contributed by atoms with Crippen LogP contribution < -0.4 is 0 Å². The molecule has 2 heteroatoms. The Morgan fingerprint density at radius 1 is 1.50 bits per heavy atom. The van der Waals surface area contributed by atoms with E-state index in [-0.39, 0.29) is 0 Å². The quantitative estimate of drug-likeness (QED) is 0.492. The second kappa shape index (κ2) is 2.03. The van der Waals surface area contributed by atoms with Gasteiger partial charge in [-0.05, 0) is 13.8 Å². The molecule has 0 radical (unpaired) electrons. The summed E-state index contributed by atoms with van der Waals surface area (Å²) in [7, 11) is 0. The maximum atomic E-state index is 2.35. The van der Waals surface area contributed by atoms with E-state index in [9.17, 15) is 0 Å². The lowest BCUT2D eigenvalue weighted by molar-refractivity contribution is 0.270. The fourth-order valence-electron chi connectivity index (χ4n) is 0.911. The van der Waals surface area contributed by atoms with Crippen LogP contribution in [0.5, 0.6) is 0 Å². The van der Waals surface area contributed by atoms with Crippen LogP contribution in [0.15, 0.2) is 0 Å². The van der Waals surface area contributed by atoms with E-state index in [4.69, 9.17) is 0 Å². The van der Waals surface area contributed by atoms with Crippen molar-refractivity contribution in [2.75, 3.05) is 13.2 Å². The van der Waals surface area contributed by atoms with Crippen molar-refractivity contribution in [1.29, 1.82) is 0 Å². The Labute approximate surface area is 51.0 Å². The van der Waals surface area contributed by atoms with Crippen molar-refractivity contribution in [1.82, 2.24) is 10.0 Å². The van der Waals surface area contributed by atoms with Crippen molar-refractivity contribution >= 4 is 0 Å². The molecule has 0 saturated carbocycles. The molecule has 1 aliphatic heterocycles. The summed E-state index contributed by atoms with van der Waals surface area (Å²) in [5.41, 5.74) is 0.